The first-order valence-corrected chi connectivity index (χ1v) is 16.5. The number of piperidine rings is 1. The van der Waals surface area contributed by atoms with Crippen LogP contribution >= 0.6 is 0 Å². The first kappa shape index (κ1) is 38.4. The first-order valence-electron chi connectivity index (χ1n) is 16.5. The number of unbranched alkanes of at least 4 members (excludes halogenated alkanes) is 1. The Labute approximate surface area is 286 Å². The summed E-state index contributed by atoms with van der Waals surface area (Å²) in [5.74, 6) is -0.229. The lowest BCUT2D eigenvalue weighted by molar-refractivity contribution is -0.143. The standard InChI is InChI=1S/C34H42F6N6O4/c1-5-9-28-16-29(15-27(6-2)46(28)32(48)50-11-8-7-10-30(47)49-4)45(31-41-17-23(18-42-31)24-19-43-44(3)21-24)20-22-12-25(33(35,36)37)14-26(13-22)34(38,39)40/h12-14,17-19,21,27-29H,5-11,15-16,20H2,1-4H3/t27-,28+,29+/m1/s1. The van der Waals surface area contributed by atoms with Crippen molar-refractivity contribution in [1.82, 2.24) is 24.6 Å². The minimum Gasteiger partial charge on any atom is -0.469 e. The van der Waals surface area contributed by atoms with Gasteiger partial charge >= 0.3 is 24.4 Å². The topological polar surface area (TPSA) is 103 Å². The molecule has 1 amide bonds. The van der Waals surface area contributed by atoms with Gasteiger partial charge in [0.25, 0.3) is 0 Å². The van der Waals surface area contributed by atoms with Crippen LogP contribution in [0.1, 0.15) is 81.9 Å². The molecule has 10 nitrogen and oxygen atoms in total. The van der Waals surface area contributed by atoms with Crippen molar-refractivity contribution >= 4 is 18.0 Å². The number of hydrogen-bond donors (Lipinski definition) is 0. The fourth-order valence-electron chi connectivity index (χ4n) is 6.32. The average molecular weight is 713 g/mol. The number of aromatic nitrogens is 4. The number of amides is 1. The average Bonchev–Trinajstić information content (AvgIpc) is 3.51. The normalized spacial score (nSPS) is 18.2. The van der Waals surface area contributed by atoms with Crippen molar-refractivity contribution in [2.75, 3.05) is 18.6 Å². The van der Waals surface area contributed by atoms with E-state index in [1.165, 1.54) is 19.5 Å². The number of likely N-dealkylation sites (tertiary alicyclic amines) is 1. The Morgan fingerprint density at radius 2 is 1.56 bits per heavy atom. The minimum atomic E-state index is -5.01. The van der Waals surface area contributed by atoms with E-state index in [1.807, 2.05) is 13.8 Å². The van der Waals surface area contributed by atoms with Gasteiger partial charge in [0.05, 0.1) is 31.0 Å². The van der Waals surface area contributed by atoms with Crippen molar-refractivity contribution in [3.05, 3.63) is 59.7 Å². The van der Waals surface area contributed by atoms with E-state index >= 15 is 0 Å². The monoisotopic (exact) mass is 712 g/mol. The Morgan fingerprint density at radius 3 is 2.10 bits per heavy atom. The molecule has 0 radical (unpaired) electrons. The van der Waals surface area contributed by atoms with Crippen LogP contribution in [-0.4, -0.2) is 68.6 Å². The molecule has 1 fully saturated rings. The molecule has 274 valence electrons. The lowest BCUT2D eigenvalue weighted by atomic mass is 9.87. The summed E-state index contributed by atoms with van der Waals surface area (Å²) >= 11 is 0. The zero-order valence-corrected chi connectivity index (χ0v) is 28.4. The number of aryl methyl sites for hydroxylation is 1. The van der Waals surface area contributed by atoms with Crippen LogP contribution in [0.4, 0.5) is 37.1 Å². The van der Waals surface area contributed by atoms with Gasteiger partial charge in [-0.15, -0.1) is 0 Å². The quantitative estimate of drug-likeness (QED) is 0.101. The molecule has 0 unspecified atom stereocenters. The van der Waals surface area contributed by atoms with Gasteiger partial charge < -0.3 is 19.3 Å². The van der Waals surface area contributed by atoms with Gasteiger partial charge in [0.2, 0.25) is 5.95 Å². The molecule has 3 aromatic rings. The maximum absolute atomic E-state index is 13.8. The zero-order chi connectivity index (χ0) is 36.6. The number of anilines is 1. The van der Waals surface area contributed by atoms with Gasteiger partial charge in [-0.25, -0.2) is 14.8 Å². The van der Waals surface area contributed by atoms with Crippen LogP contribution in [0.25, 0.3) is 11.1 Å². The molecular formula is C34H42F6N6O4. The number of halogens is 6. The van der Waals surface area contributed by atoms with E-state index < -0.39 is 35.6 Å². The molecule has 1 aliphatic heterocycles. The van der Waals surface area contributed by atoms with Crippen LogP contribution < -0.4 is 4.90 Å². The minimum absolute atomic E-state index is 0.103. The third-order valence-electron chi connectivity index (χ3n) is 8.78. The molecule has 4 rings (SSSR count). The maximum Gasteiger partial charge on any atom is 0.416 e. The number of esters is 1. The van der Waals surface area contributed by atoms with Crippen LogP contribution in [0.3, 0.4) is 0 Å². The summed E-state index contributed by atoms with van der Waals surface area (Å²) in [5, 5.41) is 4.14. The van der Waals surface area contributed by atoms with Gasteiger partial charge in [0.1, 0.15) is 0 Å². The Bertz CT molecular complexity index is 1550. The Morgan fingerprint density at radius 1 is 0.920 bits per heavy atom. The van der Waals surface area contributed by atoms with E-state index in [-0.39, 0.29) is 55.2 Å². The second kappa shape index (κ2) is 16.6. The molecule has 0 N–H and O–H groups in total. The first-order chi connectivity index (χ1) is 23.6. The molecule has 1 aliphatic rings. The van der Waals surface area contributed by atoms with Crippen molar-refractivity contribution < 1.29 is 45.4 Å². The number of carbonyl (C=O) groups is 2. The van der Waals surface area contributed by atoms with Crippen molar-refractivity contribution in [3.8, 4) is 11.1 Å². The van der Waals surface area contributed by atoms with Gasteiger partial charge in [0.15, 0.2) is 0 Å². The van der Waals surface area contributed by atoms with Crippen LogP contribution in [0.2, 0.25) is 0 Å². The van der Waals surface area contributed by atoms with Crippen molar-refractivity contribution in [3.63, 3.8) is 0 Å². The number of nitrogens with zero attached hydrogens (tertiary/aromatic N) is 6. The molecule has 1 saturated heterocycles. The molecule has 0 spiro atoms. The number of ether oxygens (including phenoxy) is 2. The number of carbonyl (C=O) groups excluding carboxylic acids is 2. The maximum atomic E-state index is 13.8. The van der Waals surface area contributed by atoms with Crippen molar-refractivity contribution in [1.29, 1.82) is 0 Å². The summed E-state index contributed by atoms with van der Waals surface area (Å²) in [5.41, 5.74) is -1.67. The Balaban J connectivity index is 1.67. The van der Waals surface area contributed by atoms with Crippen molar-refractivity contribution in [2.24, 2.45) is 7.05 Å². The third-order valence-corrected chi connectivity index (χ3v) is 8.78. The largest absolute Gasteiger partial charge is 0.469 e. The molecule has 3 atom stereocenters. The predicted molar refractivity (Wildman–Crippen MR) is 172 cm³/mol. The van der Waals surface area contributed by atoms with Crippen LogP contribution in [0.5, 0.6) is 0 Å². The van der Waals surface area contributed by atoms with E-state index in [0.29, 0.717) is 50.5 Å². The summed E-state index contributed by atoms with van der Waals surface area (Å²) in [4.78, 5) is 37.2. The molecule has 0 saturated carbocycles. The number of hydrogen-bond acceptors (Lipinski definition) is 8. The van der Waals surface area contributed by atoms with Crippen LogP contribution in [0.15, 0.2) is 43.0 Å². The van der Waals surface area contributed by atoms with Gasteiger partial charge in [0, 0.05) is 67.9 Å². The number of methoxy groups -OCH3 is 1. The van der Waals surface area contributed by atoms with E-state index in [4.69, 9.17) is 4.74 Å². The van der Waals surface area contributed by atoms with Gasteiger partial charge in [-0.05, 0) is 62.3 Å². The lowest BCUT2D eigenvalue weighted by Gasteiger charge is -2.47. The van der Waals surface area contributed by atoms with Crippen LogP contribution in [0, 0.1) is 0 Å². The molecule has 3 heterocycles. The highest BCUT2D eigenvalue weighted by Gasteiger charge is 2.42. The number of rotatable bonds is 13. The Hall–Kier alpha value is -4.37. The van der Waals surface area contributed by atoms with E-state index in [9.17, 15) is 35.9 Å². The van der Waals surface area contributed by atoms with E-state index in [1.54, 1.807) is 33.9 Å². The second-order valence-corrected chi connectivity index (χ2v) is 12.4. The molecule has 16 heteroatoms. The third kappa shape index (κ3) is 9.87. The fraction of sp³-hybridized carbons (Fsp3) is 0.559. The lowest BCUT2D eigenvalue weighted by Crippen LogP contribution is -2.57. The Kier molecular flexibility index (Phi) is 12.7. The zero-order valence-electron chi connectivity index (χ0n) is 28.4. The smallest absolute Gasteiger partial charge is 0.416 e. The summed E-state index contributed by atoms with van der Waals surface area (Å²) in [6.07, 6.45) is -0.439. The number of alkyl halides is 6. The SMILES string of the molecule is CCC[C@H]1C[C@@H](N(Cc2cc(C(F)(F)F)cc(C(F)(F)F)c2)c2ncc(-c3cnn(C)c3)cn2)C[C@@H](CC)N1C(=O)OCCCCC(=O)OC. The fourth-order valence-corrected chi connectivity index (χ4v) is 6.32. The van der Waals surface area contributed by atoms with E-state index in [2.05, 4.69) is 19.8 Å². The van der Waals surface area contributed by atoms with Gasteiger partial charge in [-0.1, -0.05) is 20.3 Å². The van der Waals surface area contributed by atoms with Crippen molar-refractivity contribution in [2.45, 2.75) is 102 Å². The highest BCUT2D eigenvalue weighted by Crippen LogP contribution is 2.38. The molecular weight excluding hydrogens is 670 g/mol. The van der Waals surface area contributed by atoms with E-state index in [0.717, 1.165) is 17.7 Å². The highest BCUT2D eigenvalue weighted by molar-refractivity contribution is 5.69. The highest BCUT2D eigenvalue weighted by atomic mass is 19.4. The summed E-state index contributed by atoms with van der Waals surface area (Å²) in [6, 6.07) is 0.415. The second-order valence-electron chi connectivity index (χ2n) is 12.4. The molecule has 0 bridgehead atoms. The predicted octanol–water partition coefficient (Wildman–Crippen LogP) is 7.81. The summed E-state index contributed by atoms with van der Waals surface area (Å²) in [7, 11) is 3.05. The molecule has 0 aliphatic carbocycles. The molecule has 50 heavy (non-hydrogen) atoms. The summed E-state index contributed by atoms with van der Waals surface area (Å²) < 4.78 is 94.7. The van der Waals surface area contributed by atoms with Gasteiger partial charge in [-0.3, -0.25) is 9.48 Å². The molecule has 2 aromatic heterocycles. The molecule has 1 aromatic carbocycles. The summed E-state index contributed by atoms with van der Waals surface area (Å²) in [6.45, 7) is 3.62. The van der Waals surface area contributed by atoms with Gasteiger partial charge in [-0.2, -0.15) is 31.4 Å². The number of benzene rings is 1. The van der Waals surface area contributed by atoms with Crippen LogP contribution in [-0.2, 0) is 40.2 Å².